The molecule has 156 valence electrons. The number of rotatable bonds is 5. The quantitative estimate of drug-likeness (QED) is 0.817. The van der Waals surface area contributed by atoms with Gasteiger partial charge in [-0.05, 0) is 37.8 Å². The maximum Gasteiger partial charge on any atom is 0.240 e. The van der Waals surface area contributed by atoms with Crippen LogP contribution in [0.5, 0.6) is 0 Å². The van der Waals surface area contributed by atoms with Gasteiger partial charge in [-0.25, -0.2) is 13.1 Å². The van der Waals surface area contributed by atoms with Crippen LogP contribution in [0.3, 0.4) is 0 Å². The molecule has 0 bridgehead atoms. The Morgan fingerprint density at radius 3 is 2.07 bits per heavy atom. The lowest BCUT2D eigenvalue weighted by molar-refractivity contribution is 0.0380. The van der Waals surface area contributed by atoms with Crippen molar-refractivity contribution in [3.05, 3.63) is 30.3 Å². The summed E-state index contributed by atoms with van der Waals surface area (Å²) in [5, 5.41) is 0. The Kier molecular flexibility index (Phi) is 6.71. The maximum absolute atomic E-state index is 12.8. The molecule has 1 aliphatic heterocycles. The zero-order valence-electron chi connectivity index (χ0n) is 16.9. The molecule has 1 N–H and O–H groups in total. The molecule has 3 fully saturated rings. The maximum atomic E-state index is 12.8. The van der Waals surface area contributed by atoms with Crippen LogP contribution in [0.1, 0.15) is 57.8 Å². The third kappa shape index (κ3) is 4.78. The summed E-state index contributed by atoms with van der Waals surface area (Å²) in [5.74, 6) is 0. The van der Waals surface area contributed by atoms with Crippen molar-refractivity contribution in [2.45, 2.75) is 80.8 Å². The zero-order chi connectivity index (χ0) is 19.4. The lowest BCUT2D eigenvalue weighted by atomic mass is 9.89. The van der Waals surface area contributed by atoms with Gasteiger partial charge in [0.05, 0.1) is 4.90 Å². The molecule has 0 amide bonds. The Morgan fingerprint density at radius 2 is 1.36 bits per heavy atom. The van der Waals surface area contributed by atoms with Crippen molar-refractivity contribution in [1.82, 2.24) is 14.5 Å². The van der Waals surface area contributed by atoms with E-state index in [2.05, 4.69) is 14.5 Å². The third-order valence-electron chi connectivity index (χ3n) is 7.00. The minimum absolute atomic E-state index is 0.0280. The molecule has 1 heterocycles. The van der Waals surface area contributed by atoms with E-state index in [0.717, 1.165) is 51.5 Å². The van der Waals surface area contributed by atoms with Gasteiger partial charge in [0.2, 0.25) is 10.0 Å². The summed E-state index contributed by atoms with van der Waals surface area (Å²) < 4.78 is 28.7. The number of nitrogens with zero attached hydrogens (tertiary/aromatic N) is 2. The van der Waals surface area contributed by atoms with Crippen LogP contribution in [-0.4, -0.2) is 62.5 Å². The molecule has 2 saturated carbocycles. The fraction of sp³-hybridized carbons (Fsp3) is 0.727. The van der Waals surface area contributed by atoms with Crippen LogP contribution in [0.2, 0.25) is 0 Å². The van der Waals surface area contributed by atoms with E-state index in [1.54, 1.807) is 24.3 Å². The van der Waals surface area contributed by atoms with Gasteiger partial charge in [0.15, 0.2) is 0 Å². The first-order valence-electron chi connectivity index (χ1n) is 11.2. The van der Waals surface area contributed by atoms with Crippen LogP contribution in [0, 0.1) is 0 Å². The summed E-state index contributed by atoms with van der Waals surface area (Å²) in [6.45, 7) is 4.42. The van der Waals surface area contributed by atoms with E-state index in [9.17, 15) is 8.42 Å². The summed E-state index contributed by atoms with van der Waals surface area (Å²) in [5.41, 5.74) is 0. The molecule has 0 spiro atoms. The monoisotopic (exact) mass is 405 g/mol. The van der Waals surface area contributed by atoms with E-state index < -0.39 is 10.0 Å². The number of hydrogen-bond donors (Lipinski definition) is 1. The molecule has 0 unspecified atom stereocenters. The predicted molar refractivity (Wildman–Crippen MR) is 113 cm³/mol. The van der Waals surface area contributed by atoms with Crippen LogP contribution in [0.4, 0.5) is 0 Å². The Balaban J connectivity index is 1.38. The SMILES string of the molecule is O=S(=O)(N[C@@H]1CCCC[C@H]1N1CCN(C2CCCCC2)CC1)c1ccccc1. The summed E-state index contributed by atoms with van der Waals surface area (Å²) >= 11 is 0. The van der Waals surface area contributed by atoms with Gasteiger partial charge in [0.25, 0.3) is 0 Å². The highest BCUT2D eigenvalue weighted by molar-refractivity contribution is 7.89. The highest BCUT2D eigenvalue weighted by atomic mass is 32.2. The number of hydrogen-bond acceptors (Lipinski definition) is 4. The smallest absolute Gasteiger partial charge is 0.240 e. The highest BCUT2D eigenvalue weighted by Crippen LogP contribution is 2.28. The molecule has 0 aromatic heterocycles. The largest absolute Gasteiger partial charge is 0.298 e. The van der Waals surface area contributed by atoms with Gasteiger partial charge in [-0.3, -0.25) is 9.80 Å². The number of benzene rings is 1. The van der Waals surface area contributed by atoms with Crippen molar-refractivity contribution in [2.24, 2.45) is 0 Å². The van der Waals surface area contributed by atoms with Crippen LogP contribution >= 0.6 is 0 Å². The average Bonchev–Trinajstić information content (AvgIpc) is 2.75. The highest BCUT2D eigenvalue weighted by Gasteiger charge is 2.35. The number of piperazine rings is 1. The van der Waals surface area contributed by atoms with Crippen LogP contribution in [-0.2, 0) is 10.0 Å². The normalized spacial score (nSPS) is 29.0. The average molecular weight is 406 g/mol. The van der Waals surface area contributed by atoms with E-state index >= 15 is 0 Å². The molecular weight excluding hydrogens is 370 g/mol. The van der Waals surface area contributed by atoms with E-state index in [-0.39, 0.29) is 6.04 Å². The second-order valence-electron chi connectivity index (χ2n) is 8.76. The second-order valence-corrected chi connectivity index (χ2v) is 10.5. The topological polar surface area (TPSA) is 52.7 Å². The fourth-order valence-electron chi connectivity index (χ4n) is 5.43. The third-order valence-corrected chi connectivity index (χ3v) is 8.50. The van der Waals surface area contributed by atoms with E-state index in [4.69, 9.17) is 0 Å². The fourth-order valence-corrected chi connectivity index (χ4v) is 6.76. The molecule has 1 aromatic carbocycles. The summed E-state index contributed by atoms with van der Waals surface area (Å²) in [4.78, 5) is 5.64. The van der Waals surface area contributed by atoms with Gasteiger partial charge < -0.3 is 0 Å². The minimum Gasteiger partial charge on any atom is -0.298 e. The Hall–Kier alpha value is -0.950. The molecule has 0 radical (unpaired) electrons. The summed E-state index contributed by atoms with van der Waals surface area (Å²) in [6, 6.07) is 9.95. The number of nitrogens with one attached hydrogen (secondary N) is 1. The predicted octanol–water partition coefficient (Wildman–Crippen LogP) is 3.23. The molecule has 4 rings (SSSR count). The molecule has 2 atom stereocenters. The van der Waals surface area contributed by atoms with Crippen LogP contribution in [0.25, 0.3) is 0 Å². The summed E-state index contributed by atoms with van der Waals surface area (Å²) in [6.07, 6.45) is 11.3. The van der Waals surface area contributed by atoms with Crippen molar-refractivity contribution >= 4 is 10.0 Å². The number of sulfonamides is 1. The van der Waals surface area contributed by atoms with Gasteiger partial charge in [-0.15, -0.1) is 0 Å². The minimum atomic E-state index is -3.45. The van der Waals surface area contributed by atoms with Crippen LogP contribution in [0.15, 0.2) is 35.2 Å². The zero-order valence-corrected chi connectivity index (χ0v) is 17.7. The molecule has 2 aliphatic carbocycles. The van der Waals surface area contributed by atoms with Crippen molar-refractivity contribution in [2.75, 3.05) is 26.2 Å². The molecule has 28 heavy (non-hydrogen) atoms. The van der Waals surface area contributed by atoms with Crippen LogP contribution < -0.4 is 4.72 Å². The standard InChI is InChI=1S/C22H35N3O2S/c26-28(27,20-11-5-2-6-12-20)23-21-13-7-8-14-22(21)25-17-15-24(16-18-25)19-9-3-1-4-10-19/h2,5-6,11-12,19,21-23H,1,3-4,7-10,13-18H2/t21-,22-/m1/s1. The van der Waals surface area contributed by atoms with Crippen molar-refractivity contribution in [3.8, 4) is 0 Å². The second kappa shape index (κ2) is 9.24. The van der Waals surface area contributed by atoms with Gasteiger partial charge in [-0.1, -0.05) is 50.3 Å². The molecule has 6 heteroatoms. The van der Waals surface area contributed by atoms with E-state index in [1.807, 2.05) is 6.07 Å². The first kappa shape index (κ1) is 20.3. The van der Waals surface area contributed by atoms with E-state index in [0.29, 0.717) is 10.9 Å². The molecule has 5 nitrogen and oxygen atoms in total. The van der Waals surface area contributed by atoms with Gasteiger partial charge in [-0.2, -0.15) is 0 Å². The first-order valence-corrected chi connectivity index (χ1v) is 12.7. The lowest BCUT2D eigenvalue weighted by Gasteiger charge is -2.46. The summed E-state index contributed by atoms with van der Waals surface area (Å²) in [7, 11) is -3.45. The first-order chi connectivity index (χ1) is 13.6. The molecule has 1 saturated heterocycles. The van der Waals surface area contributed by atoms with Crippen molar-refractivity contribution in [3.63, 3.8) is 0 Å². The molecular formula is C22H35N3O2S. The van der Waals surface area contributed by atoms with Gasteiger partial charge >= 0.3 is 0 Å². The Bertz CT molecular complexity index is 711. The Morgan fingerprint density at radius 1 is 0.750 bits per heavy atom. The lowest BCUT2D eigenvalue weighted by Crippen LogP contribution is -2.59. The Labute approximate surface area is 170 Å². The van der Waals surface area contributed by atoms with Crippen molar-refractivity contribution in [1.29, 1.82) is 0 Å². The molecule has 3 aliphatic rings. The van der Waals surface area contributed by atoms with E-state index in [1.165, 1.54) is 38.5 Å². The molecule has 1 aromatic rings. The van der Waals surface area contributed by atoms with Gasteiger partial charge in [0, 0.05) is 44.3 Å². The van der Waals surface area contributed by atoms with Crippen molar-refractivity contribution < 1.29 is 8.42 Å². The van der Waals surface area contributed by atoms with Gasteiger partial charge in [0.1, 0.15) is 0 Å².